The summed E-state index contributed by atoms with van der Waals surface area (Å²) in [6, 6.07) is 6.98. The molecule has 4 fully saturated rings. The number of imide groups is 1. The summed E-state index contributed by atoms with van der Waals surface area (Å²) in [7, 11) is 0. The molecular weight excluding hydrogens is 282 g/mol. The van der Waals surface area contributed by atoms with Crippen molar-refractivity contribution in [3.63, 3.8) is 0 Å². The highest BCUT2D eigenvalue weighted by Gasteiger charge is 2.57. The zero-order valence-corrected chi connectivity index (χ0v) is 11.9. The molecule has 0 radical (unpaired) electrons. The summed E-state index contributed by atoms with van der Waals surface area (Å²) in [5, 5.41) is 4.69. The molecule has 4 aliphatic rings. The summed E-state index contributed by atoms with van der Waals surface area (Å²) in [6.07, 6.45) is 4.09. The number of aromatic nitrogens is 1. The molecule has 1 saturated carbocycles. The van der Waals surface area contributed by atoms with E-state index in [9.17, 15) is 9.59 Å². The maximum atomic E-state index is 12.9. The van der Waals surface area contributed by atoms with Crippen molar-refractivity contribution < 1.29 is 14.1 Å². The van der Waals surface area contributed by atoms with Gasteiger partial charge in [0.1, 0.15) is 6.04 Å². The number of carbonyl (C=O) groups is 2. The molecule has 6 heteroatoms. The van der Waals surface area contributed by atoms with Gasteiger partial charge in [-0.15, -0.1) is 0 Å². The molecule has 6 rings (SSSR count). The van der Waals surface area contributed by atoms with E-state index < -0.39 is 0 Å². The smallest absolute Gasteiger partial charge is 0.333 e. The molecule has 3 amide bonds. The van der Waals surface area contributed by atoms with Crippen LogP contribution in [0.25, 0.3) is 11.0 Å². The predicted molar refractivity (Wildman–Crippen MR) is 78.3 cm³/mol. The van der Waals surface area contributed by atoms with E-state index in [2.05, 4.69) is 5.16 Å². The van der Waals surface area contributed by atoms with Gasteiger partial charge in [0.2, 0.25) is 0 Å². The van der Waals surface area contributed by atoms with Crippen molar-refractivity contribution in [2.45, 2.75) is 37.8 Å². The van der Waals surface area contributed by atoms with Crippen LogP contribution in [0.5, 0.6) is 0 Å². The SMILES string of the molecule is O=C1[C@H]2C3CCC(CC3)N2C(=O)N1c1noc2ccccc12. The molecule has 2 aromatic rings. The number of urea groups is 1. The number of nitrogens with zero attached hydrogens (tertiary/aromatic N) is 3. The summed E-state index contributed by atoms with van der Waals surface area (Å²) < 4.78 is 5.27. The molecule has 6 nitrogen and oxygen atoms in total. The number of anilines is 1. The summed E-state index contributed by atoms with van der Waals surface area (Å²) in [4.78, 5) is 28.7. The molecule has 4 heterocycles. The molecular formula is C16H15N3O3. The number of hydrogen-bond acceptors (Lipinski definition) is 4. The largest absolute Gasteiger partial charge is 0.354 e. The average Bonchev–Trinajstić information content (AvgIpc) is 3.10. The number of fused-ring (bicyclic) bond motifs is 3. The molecule has 1 atom stereocenters. The first-order valence-corrected chi connectivity index (χ1v) is 7.76. The second-order valence-electron chi connectivity index (χ2n) is 6.38. The van der Waals surface area contributed by atoms with Crippen LogP contribution in [0.2, 0.25) is 0 Å². The standard InChI is InChI=1S/C16H15N3O3/c20-15-13-9-5-7-10(8-6-9)18(13)16(21)19(15)14-11-3-1-2-4-12(11)22-17-14/h1-4,9-10,13H,5-8H2/t9?,10?,13-/m1/s1. The van der Waals surface area contributed by atoms with Crippen LogP contribution in [0.15, 0.2) is 28.8 Å². The molecule has 112 valence electrons. The molecule has 0 spiro atoms. The van der Waals surface area contributed by atoms with Gasteiger partial charge < -0.3 is 9.42 Å². The van der Waals surface area contributed by atoms with Crippen molar-refractivity contribution in [2.75, 3.05) is 4.90 Å². The van der Waals surface area contributed by atoms with Gasteiger partial charge in [0.15, 0.2) is 11.4 Å². The maximum absolute atomic E-state index is 12.9. The second-order valence-corrected chi connectivity index (χ2v) is 6.38. The Labute approximate surface area is 126 Å². The monoisotopic (exact) mass is 297 g/mol. The molecule has 0 unspecified atom stereocenters. The minimum Gasteiger partial charge on any atom is -0.354 e. The lowest BCUT2D eigenvalue weighted by Crippen LogP contribution is -2.54. The topological polar surface area (TPSA) is 66.7 Å². The zero-order valence-electron chi connectivity index (χ0n) is 11.9. The lowest BCUT2D eigenvalue weighted by atomic mass is 9.75. The number of carbonyl (C=O) groups excluding carboxylic acids is 2. The fourth-order valence-corrected chi connectivity index (χ4v) is 4.32. The maximum Gasteiger partial charge on any atom is 0.333 e. The Morgan fingerprint density at radius 2 is 1.86 bits per heavy atom. The van der Waals surface area contributed by atoms with Gasteiger partial charge in [-0.05, 0) is 43.7 Å². The van der Waals surface area contributed by atoms with Crippen molar-refractivity contribution in [3.8, 4) is 0 Å². The van der Waals surface area contributed by atoms with E-state index in [1.165, 1.54) is 4.90 Å². The number of hydrogen-bond donors (Lipinski definition) is 0. The van der Waals surface area contributed by atoms with E-state index in [-0.39, 0.29) is 24.0 Å². The summed E-state index contributed by atoms with van der Waals surface area (Å²) in [5.41, 5.74) is 0.589. The van der Waals surface area contributed by atoms with E-state index in [0.29, 0.717) is 22.7 Å². The molecule has 22 heavy (non-hydrogen) atoms. The van der Waals surface area contributed by atoms with Crippen LogP contribution in [-0.2, 0) is 4.79 Å². The first-order chi connectivity index (χ1) is 10.8. The third-order valence-electron chi connectivity index (χ3n) is 5.34. The van der Waals surface area contributed by atoms with Gasteiger partial charge in [-0.1, -0.05) is 17.3 Å². The van der Waals surface area contributed by atoms with Gasteiger partial charge in [0.25, 0.3) is 5.91 Å². The molecule has 2 bridgehead atoms. The van der Waals surface area contributed by atoms with E-state index in [1.54, 1.807) is 11.0 Å². The predicted octanol–water partition coefficient (Wildman–Crippen LogP) is 2.54. The number of piperidine rings is 2. The average molecular weight is 297 g/mol. The molecule has 0 N–H and O–H groups in total. The Morgan fingerprint density at radius 3 is 2.64 bits per heavy atom. The minimum absolute atomic E-state index is 0.140. The lowest BCUT2D eigenvalue weighted by molar-refractivity contribution is -0.124. The van der Waals surface area contributed by atoms with Crippen molar-refractivity contribution in [1.82, 2.24) is 10.1 Å². The molecule has 1 aromatic heterocycles. The normalized spacial score (nSPS) is 30.5. The fourth-order valence-electron chi connectivity index (χ4n) is 4.32. The van der Waals surface area contributed by atoms with Gasteiger partial charge in [-0.2, -0.15) is 0 Å². The van der Waals surface area contributed by atoms with Crippen molar-refractivity contribution >= 4 is 28.7 Å². The van der Waals surface area contributed by atoms with E-state index >= 15 is 0 Å². The molecule has 1 aromatic carbocycles. The van der Waals surface area contributed by atoms with Crippen molar-refractivity contribution in [2.24, 2.45) is 5.92 Å². The van der Waals surface area contributed by atoms with Crippen LogP contribution in [0.1, 0.15) is 25.7 Å². The summed E-state index contributed by atoms with van der Waals surface area (Å²) >= 11 is 0. The molecule has 3 aliphatic heterocycles. The third-order valence-corrected chi connectivity index (χ3v) is 5.34. The van der Waals surface area contributed by atoms with Crippen LogP contribution < -0.4 is 4.90 Å². The van der Waals surface area contributed by atoms with Gasteiger partial charge in [0, 0.05) is 6.04 Å². The van der Waals surface area contributed by atoms with E-state index in [1.807, 2.05) is 18.2 Å². The van der Waals surface area contributed by atoms with Crippen molar-refractivity contribution in [1.29, 1.82) is 0 Å². The molecule has 3 saturated heterocycles. The van der Waals surface area contributed by atoms with Gasteiger partial charge in [-0.25, -0.2) is 9.69 Å². The van der Waals surface area contributed by atoms with Crippen LogP contribution in [0.4, 0.5) is 10.6 Å². The van der Waals surface area contributed by atoms with E-state index in [4.69, 9.17) is 4.52 Å². The highest BCUT2D eigenvalue weighted by Crippen LogP contribution is 2.45. The fraction of sp³-hybridized carbons (Fsp3) is 0.438. The van der Waals surface area contributed by atoms with Crippen LogP contribution in [0, 0.1) is 5.92 Å². The third kappa shape index (κ3) is 1.37. The number of amides is 3. The number of para-hydroxylation sites is 1. The van der Waals surface area contributed by atoms with Crippen LogP contribution in [0.3, 0.4) is 0 Å². The van der Waals surface area contributed by atoms with Gasteiger partial charge >= 0.3 is 6.03 Å². The van der Waals surface area contributed by atoms with Gasteiger partial charge in [-0.3, -0.25) is 4.79 Å². The highest BCUT2D eigenvalue weighted by molar-refractivity contribution is 6.23. The minimum atomic E-state index is -0.296. The Balaban J connectivity index is 1.64. The Morgan fingerprint density at radius 1 is 1.09 bits per heavy atom. The molecule has 1 aliphatic carbocycles. The lowest BCUT2D eigenvalue weighted by Gasteiger charge is -2.45. The number of rotatable bonds is 1. The first-order valence-electron chi connectivity index (χ1n) is 7.76. The Hall–Kier alpha value is -2.37. The quantitative estimate of drug-likeness (QED) is 0.759. The summed E-state index contributed by atoms with van der Waals surface area (Å²) in [5.74, 6) is 0.488. The van der Waals surface area contributed by atoms with E-state index in [0.717, 1.165) is 25.7 Å². The van der Waals surface area contributed by atoms with Crippen molar-refractivity contribution in [3.05, 3.63) is 24.3 Å². The number of benzene rings is 1. The summed E-state index contributed by atoms with van der Waals surface area (Å²) in [6.45, 7) is 0. The Bertz CT molecular complexity index is 761. The Kier molecular flexibility index (Phi) is 2.27. The van der Waals surface area contributed by atoms with Gasteiger partial charge in [0.05, 0.1) is 5.39 Å². The zero-order chi connectivity index (χ0) is 14.8. The first kappa shape index (κ1) is 12.2. The second kappa shape index (κ2) is 4.09. The van der Waals surface area contributed by atoms with Crippen LogP contribution >= 0.6 is 0 Å². The van der Waals surface area contributed by atoms with Crippen LogP contribution in [-0.4, -0.2) is 34.1 Å². The highest BCUT2D eigenvalue weighted by atomic mass is 16.5.